The summed E-state index contributed by atoms with van der Waals surface area (Å²) in [6.45, 7) is -0.458. The topological polar surface area (TPSA) is 192 Å². The maximum atomic E-state index is 12.6. The summed E-state index contributed by atoms with van der Waals surface area (Å²) in [7, 11) is 8.21. The number of ether oxygens (including phenoxy) is 5. The van der Waals surface area contributed by atoms with Gasteiger partial charge in [0.25, 0.3) is 0 Å². The highest BCUT2D eigenvalue weighted by atomic mass is 16.5. The van der Waals surface area contributed by atoms with Gasteiger partial charge in [0.15, 0.2) is 17.2 Å². The molecule has 1 unspecified atom stereocenters. The van der Waals surface area contributed by atoms with Gasteiger partial charge in [-0.2, -0.15) is 4.79 Å². The van der Waals surface area contributed by atoms with Crippen molar-refractivity contribution in [2.24, 2.45) is 5.73 Å². The summed E-state index contributed by atoms with van der Waals surface area (Å²) in [5, 5.41) is 11.6. The van der Waals surface area contributed by atoms with E-state index in [1.165, 1.54) is 7.11 Å². The number of hydrogen-bond donors (Lipinski definition) is 3. The van der Waals surface area contributed by atoms with Crippen LogP contribution in [0.4, 0.5) is 0 Å². The zero-order valence-corrected chi connectivity index (χ0v) is 22.3. The molecule has 0 spiro atoms. The summed E-state index contributed by atoms with van der Waals surface area (Å²) >= 11 is 0. The van der Waals surface area contributed by atoms with Gasteiger partial charge in [-0.05, 0) is 54.8 Å². The van der Waals surface area contributed by atoms with Crippen LogP contribution in [-0.2, 0) is 20.7 Å². The zero-order chi connectivity index (χ0) is 29.1. The van der Waals surface area contributed by atoms with Crippen LogP contribution in [0.15, 0.2) is 29.1 Å². The lowest BCUT2D eigenvalue weighted by molar-refractivity contribution is -0.144. The third-order valence-corrected chi connectivity index (χ3v) is 5.95. The summed E-state index contributed by atoms with van der Waals surface area (Å²) in [5.74, 6) is -0.160. The smallest absolute Gasteiger partial charge is 0.413 e. The third kappa shape index (κ3) is 7.32. The van der Waals surface area contributed by atoms with E-state index in [4.69, 9.17) is 35.3 Å². The first-order chi connectivity index (χ1) is 18.7. The summed E-state index contributed by atoms with van der Waals surface area (Å²) in [4.78, 5) is 35.4. The van der Waals surface area contributed by atoms with Gasteiger partial charge in [0.2, 0.25) is 11.2 Å². The molecule has 0 saturated carbocycles. The number of aryl methyl sites for hydroxylation is 1. The number of hydrogen-bond acceptors (Lipinski definition) is 10. The van der Waals surface area contributed by atoms with E-state index in [-0.39, 0.29) is 11.5 Å². The highest BCUT2D eigenvalue weighted by Crippen LogP contribution is 2.50. The number of carbonyl (C=O) groups is 2. The fourth-order valence-electron chi connectivity index (χ4n) is 4.09. The molecule has 0 aliphatic heterocycles. The average Bonchev–Trinajstić information content (AvgIpc) is 3.18. The Balaban J connectivity index is 0.000000377. The van der Waals surface area contributed by atoms with Crippen LogP contribution in [0.5, 0.6) is 23.0 Å². The van der Waals surface area contributed by atoms with Crippen LogP contribution >= 0.6 is 0 Å². The van der Waals surface area contributed by atoms with Crippen molar-refractivity contribution in [2.75, 3.05) is 42.1 Å². The molecule has 13 nitrogen and oxygen atoms in total. The number of esters is 1. The van der Waals surface area contributed by atoms with E-state index in [1.807, 2.05) is 19.2 Å². The molecule has 2 aromatic carbocycles. The predicted molar refractivity (Wildman–Crippen MR) is 141 cm³/mol. The molecule has 0 radical (unpaired) electrons. The molecule has 210 valence electrons. The number of aliphatic carboxylic acids is 1. The Hall–Kier alpha value is -4.45. The van der Waals surface area contributed by atoms with E-state index in [9.17, 15) is 14.4 Å². The van der Waals surface area contributed by atoms with Gasteiger partial charge in [-0.3, -0.25) is 9.59 Å². The molecule has 2 aromatic rings. The Bertz CT molecular complexity index is 1310. The number of nitrogens with two attached hydrogens (primary N) is 1. The molecule has 1 aliphatic rings. The van der Waals surface area contributed by atoms with E-state index in [0.29, 0.717) is 29.2 Å². The number of fused-ring (bicyclic) bond motifs is 3. The monoisotopic (exact) mass is 544 g/mol. The van der Waals surface area contributed by atoms with Gasteiger partial charge in [0, 0.05) is 11.6 Å². The molecule has 0 aromatic heterocycles. The highest BCUT2D eigenvalue weighted by molar-refractivity contribution is 6.20. The molecule has 13 heteroatoms. The molecular formula is C26H32N4O9. The van der Waals surface area contributed by atoms with Crippen LogP contribution in [0, 0.1) is 0 Å². The third-order valence-electron chi connectivity index (χ3n) is 5.95. The summed E-state index contributed by atoms with van der Waals surface area (Å²) in [5.41, 5.74) is 16.5. The highest BCUT2D eigenvalue weighted by Gasteiger charge is 2.28. The number of benzene rings is 1. The maximum Gasteiger partial charge on any atom is 0.413 e. The summed E-state index contributed by atoms with van der Waals surface area (Å²) < 4.78 is 26.3. The Labute approximate surface area is 225 Å². The molecule has 39 heavy (non-hydrogen) atoms. The van der Waals surface area contributed by atoms with Gasteiger partial charge in [-0.15, -0.1) is 0 Å². The fraction of sp³-hybridized carbons (Fsp3) is 0.385. The van der Waals surface area contributed by atoms with Crippen LogP contribution < -0.4 is 35.4 Å². The SMILES string of the molecule is CNC1CCc2cc(OC)c(OC)c(OC)c2-c2ccc(OC)c(=O)cc21.[N-]=[N+]=CC(=O)OC[C@H](N)C(=O)O. The Morgan fingerprint density at radius 2 is 1.79 bits per heavy atom. The Morgan fingerprint density at radius 1 is 1.13 bits per heavy atom. The maximum absolute atomic E-state index is 12.6. The van der Waals surface area contributed by atoms with Gasteiger partial charge in [0.1, 0.15) is 12.6 Å². The van der Waals surface area contributed by atoms with Crippen LogP contribution in [0.25, 0.3) is 16.7 Å². The fourth-order valence-corrected chi connectivity index (χ4v) is 4.09. The molecule has 0 heterocycles. The van der Waals surface area contributed by atoms with Gasteiger partial charge >= 0.3 is 18.2 Å². The van der Waals surface area contributed by atoms with Crippen molar-refractivity contribution in [1.82, 2.24) is 5.32 Å². The van der Waals surface area contributed by atoms with Crippen molar-refractivity contribution < 1.29 is 43.2 Å². The minimum Gasteiger partial charge on any atom is -0.493 e. The normalized spacial score (nSPS) is 13.9. The average molecular weight is 545 g/mol. The minimum absolute atomic E-state index is 0.0268. The minimum atomic E-state index is -1.27. The molecule has 2 atom stereocenters. The van der Waals surface area contributed by atoms with Crippen molar-refractivity contribution in [2.45, 2.75) is 24.9 Å². The quantitative estimate of drug-likeness (QED) is 0.178. The van der Waals surface area contributed by atoms with Crippen LogP contribution in [-0.4, -0.2) is 76.2 Å². The molecule has 3 rings (SSSR count). The first-order valence-electron chi connectivity index (χ1n) is 11.7. The van der Waals surface area contributed by atoms with Gasteiger partial charge in [0.05, 0.1) is 28.4 Å². The van der Waals surface area contributed by atoms with Gasteiger partial charge in [-0.25, -0.2) is 4.79 Å². The second-order valence-corrected chi connectivity index (χ2v) is 8.16. The molecule has 0 bridgehead atoms. The second kappa shape index (κ2) is 14.5. The van der Waals surface area contributed by atoms with Crippen LogP contribution in [0.2, 0.25) is 0 Å². The number of carbonyl (C=O) groups excluding carboxylic acids is 1. The number of carboxylic acids is 1. The zero-order valence-electron chi connectivity index (χ0n) is 22.3. The van der Waals surface area contributed by atoms with Crippen LogP contribution in [0.1, 0.15) is 23.6 Å². The van der Waals surface area contributed by atoms with Crippen molar-refractivity contribution in [3.8, 4) is 34.1 Å². The number of methoxy groups -OCH3 is 4. The van der Waals surface area contributed by atoms with E-state index >= 15 is 0 Å². The second-order valence-electron chi connectivity index (χ2n) is 8.16. The number of nitrogens with one attached hydrogen (secondary N) is 1. The van der Waals surface area contributed by atoms with Crippen molar-refractivity contribution in [1.29, 1.82) is 0 Å². The molecular weight excluding hydrogens is 512 g/mol. The lowest BCUT2D eigenvalue weighted by Crippen LogP contribution is -2.35. The molecule has 0 saturated heterocycles. The molecule has 0 fully saturated rings. The van der Waals surface area contributed by atoms with Crippen molar-refractivity contribution >= 4 is 18.2 Å². The lowest BCUT2D eigenvalue weighted by atomic mass is 9.95. The van der Waals surface area contributed by atoms with Crippen LogP contribution in [0.3, 0.4) is 0 Å². The first-order valence-corrected chi connectivity index (χ1v) is 11.7. The number of carboxylic acid groups (broad SMARTS) is 1. The Morgan fingerprint density at radius 3 is 2.33 bits per heavy atom. The predicted octanol–water partition coefficient (Wildman–Crippen LogP) is 1.20. The lowest BCUT2D eigenvalue weighted by Gasteiger charge is -2.19. The molecule has 1 aliphatic carbocycles. The first kappa shape index (κ1) is 30.8. The number of nitrogens with zero attached hydrogens (tertiary/aromatic N) is 2. The molecule has 0 amide bonds. The molecule has 4 N–H and O–H groups in total. The van der Waals surface area contributed by atoms with Gasteiger partial charge in [-0.1, -0.05) is 6.07 Å². The van der Waals surface area contributed by atoms with Gasteiger partial charge < -0.3 is 45.4 Å². The van der Waals surface area contributed by atoms with Crippen molar-refractivity contribution in [3.05, 3.63) is 51.1 Å². The summed E-state index contributed by atoms with van der Waals surface area (Å²) in [6.07, 6.45) is 2.14. The van der Waals surface area contributed by atoms with E-state index < -0.39 is 24.6 Å². The Kier molecular flexibility index (Phi) is 11.4. The van der Waals surface area contributed by atoms with E-state index in [0.717, 1.165) is 35.1 Å². The van der Waals surface area contributed by atoms with E-state index in [2.05, 4.69) is 14.8 Å². The van der Waals surface area contributed by atoms with E-state index in [1.54, 1.807) is 33.5 Å². The number of rotatable bonds is 9. The summed E-state index contributed by atoms with van der Waals surface area (Å²) in [6, 6.07) is 6.03. The standard InChI is InChI=1S/C21H25NO5.C5H7N3O4/c1-22-15-8-6-12-10-18(25-3)20(26-4)21(27-5)19(12)13-7-9-17(24-2)16(23)11-14(13)15;6-3(5(10)11)2-12-4(9)1-8-7/h7,9-11,15,22H,6,8H2,1-5H3;1,3H,2,6H2,(H,10,11)/t;3-/m.0/s1. The largest absolute Gasteiger partial charge is 0.493 e. The van der Waals surface area contributed by atoms with Crippen molar-refractivity contribution in [3.63, 3.8) is 0 Å².